The monoisotopic (exact) mass is 383 g/mol. The van der Waals surface area contributed by atoms with Crippen LogP contribution in [-0.2, 0) is 17.6 Å². The fraction of sp³-hybridized carbons (Fsp3) is 0.211. The molecule has 1 aromatic heterocycles. The second kappa shape index (κ2) is 7.09. The number of halogens is 1. The highest BCUT2D eigenvalue weighted by molar-refractivity contribution is 9.10. The van der Waals surface area contributed by atoms with E-state index in [1.807, 2.05) is 36.4 Å². The molecule has 2 aromatic carbocycles. The van der Waals surface area contributed by atoms with E-state index in [9.17, 15) is 4.79 Å². The summed E-state index contributed by atoms with van der Waals surface area (Å²) in [4.78, 5) is 20.2. The van der Waals surface area contributed by atoms with E-state index in [0.29, 0.717) is 24.5 Å². The lowest BCUT2D eigenvalue weighted by molar-refractivity contribution is -0.116. The maximum Gasteiger partial charge on any atom is 0.135 e. The Morgan fingerprint density at radius 1 is 1.12 bits per heavy atom. The van der Waals surface area contributed by atoms with Crippen molar-refractivity contribution in [3.63, 3.8) is 0 Å². The zero-order valence-corrected chi connectivity index (χ0v) is 15.0. The van der Waals surface area contributed by atoms with Gasteiger partial charge in [0.05, 0.1) is 5.52 Å². The van der Waals surface area contributed by atoms with Gasteiger partial charge in [0.15, 0.2) is 0 Å². The molecule has 2 N–H and O–H groups in total. The summed E-state index contributed by atoms with van der Waals surface area (Å²) in [5.41, 5.74) is 9.19. The molecule has 0 unspecified atom stereocenters. The summed E-state index contributed by atoms with van der Waals surface area (Å²) in [7, 11) is 0. The Bertz CT molecular complexity index is 908. The van der Waals surface area contributed by atoms with Gasteiger partial charge in [-0.05, 0) is 42.7 Å². The Hall–Kier alpha value is -2.27. The molecular weight excluding hydrogens is 366 g/mol. The molecule has 0 aliphatic rings. The van der Waals surface area contributed by atoms with Crippen LogP contribution in [0.3, 0.4) is 0 Å². The molecule has 5 heteroatoms. The van der Waals surface area contributed by atoms with E-state index in [0.717, 1.165) is 32.9 Å². The predicted octanol–water partition coefficient (Wildman–Crippen LogP) is 4.09. The third kappa shape index (κ3) is 3.97. The highest BCUT2D eigenvalue weighted by atomic mass is 79.9. The topological polar surface area (TPSA) is 68.9 Å². The number of nitrogen functional groups attached to an aromatic ring is 1. The first kappa shape index (κ1) is 16.6. The number of rotatable bonds is 5. The first-order valence-corrected chi connectivity index (χ1v) is 8.59. The summed E-state index contributed by atoms with van der Waals surface area (Å²) < 4.78 is 0.955. The Balaban J connectivity index is 1.86. The SMILES string of the molecule is CC(=O)CCc1cccc(Cc2nc(N)c3cc(Br)ccc3n2)c1. The summed E-state index contributed by atoms with van der Waals surface area (Å²) >= 11 is 3.44. The van der Waals surface area contributed by atoms with E-state index in [1.165, 1.54) is 0 Å². The van der Waals surface area contributed by atoms with Gasteiger partial charge in [-0.2, -0.15) is 0 Å². The normalized spacial score (nSPS) is 10.9. The minimum Gasteiger partial charge on any atom is -0.383 e. The van der Waals surface area contributed by atoms with Crippen LogP contribution in [0.1, 0.15) is 30.3 Å². The van der Waals surface area contributed by atoms with Crippen molar-refractivity contribution < 1.29 is 4.79 Å². The van der Waals surface area contributed by atoms with Crippen LogP contribution in [0.25, 0.3) is 10.9 Å². The second-order valence-electron chi connectivity index (χ2n) is 5.89. The van der Waals surface area contributed by atoms with Gasteiger partial charge in [-0.25, -0.2) is 9.97 Å². The van der Waals surface area contributed by atoms with Crippen LogP contribution < -0.4 is 5.73 Å². The molecular formula is C19H18BrN3O. The predicted molar refractivity (Wildman–Crippen MR) is 99.9 cm³/mol. The molecule has 3 aromatic rings. The lowest BCUT2D eigenvalue weighted by atomic mass is 10.0. The van der Waals surface area contributed by atoms with Crippen molar-refractivity contribution in [2.24, 2.45) is 0 Å². The van der Waals surface area contributed by atoms with E-state index in [2.05, 4.69) is 32.0 Å². The van der Waals surface area contributed by atoms with Crippen LogP contribution in [0, 0.1) is 0 Å². The number of aromatic nitrogens is 2. The van der Waals surface area contributed by atoms with Crippen molar-refractivity contribution in [3.8, 4) is 0 Å². The minimum atomic E-state index is 0.206. The number of fused-ring (bicyclic) bond motifs is 1. The Morgan fingerprint density at radius 2 is 1.92 bits per heavy atom. The molecule has 0 fully saturated rings. The molecule has 0 saturated heterocycles. The van der Waals surface area contributed by atoms with Gasteiger partial charge >= 0.3 is 0 Å². The zero-order valence-electron chi connectivity index (χ0n) is 13.4. The van der Waals surface area contributed by atoms with Crippen LogP contribution in [0.4, 0.5) is 5.82 Å². The number of ketones is 1. The van der Waals surface area contributed by atoms with Crippen molar-refractivity contribution in [2.75, 3.05) is 5.73 Å². The largest absolute Gasteiger partial charge is 0.383 e. The first-order chi connectivity index (χ1) is 11.5. The zero-order chi connectivity index (χ0) is 17.1. The number of carbonyl (C=O) groups is 1. The van der Waals surface area contributed by atoms with Crippen LogP contribution in [-0.4, -0.2) is 15.8 Å². The molecule has 1 heterocycles. The first-order valence-electron chi connectivity index (χ1n) is 7.80. The van der Waals surface area contributed by atoms with E-state index >= 15 is 0 Å². The molecule has 4 nitrogen and oxygen atoms in total. The van der Waals surface area contributed by atoms with Gasteiger partial charge in [0.2, 0.25) is 0 Å². The molecule has 0 saturated carbocycles. The number of hydrogen-bond acceptors (Lipinski definition) is 4. The van der Waals surface area contributed by atoms with Crippen molar-refractivity contribution in [3.05, 3.63) is 63.9 Å². The Labute approximate surface area is 149 Å². The van der Waals surface area contributed by atoms with Crippen molar-refractivity contribution in [2.45, 2.75) is 26.2 Å². The molecule has 0 aliphatic carbocycles. The number of hydrogen-bond donors (Lipinski definition) is 1. The number of nitrogens with zero attached hydrogens (tertiary/aromatic N) is 2. The van der Waals surface area contributed by atoms with Gasteiger partial charge in [0.1, 0.15) is 17.4 Å². The highest BCUT2D eigenvalue weighted by Gasteiger charge is 2.07. The second-order valence-corrected chi connectivity index (χ2v) is 6.80. The van der Waals surface area contributed by atoms with Crippen LogP contribution in [0.15, 0.2) is 46.9 Å². The minimum absolute atomic E-state index is 0.206. The number of carbonyl (C=O) groups excluding carboxylic acids is 1. The molecule has 0 aliphatic heterocycles. The standard InChI is InChI=1S/C19H18BrN3O/c1-12(24)5-6-13-3-2-4-14(9-13)10-18-22-17-8-7-15(20)11-16(17)19(21)23-18/h2-4,7-9,11H,5-6,10H2,1H3,(H2,21,22,23). The van der Waals surface area contributed by atoms with Crippen LogP contribution >= 0.6 is 15.9 Å². The van der Waals surface area contributed by atoms with Crippen molar-refractivity contribution >= 4 is 38.4 Å². The molecule has 3 rings (SSSR count). The summed E-state index contributed by atoms with van der Waals surface area (Å²) in [6, 6.07) is 14.0. The number of benzene rings is 2. The fourth-order valence-electron chi connectivity index (χ4n) is 2.65. The van der Waals surface area contributed by atoms with Crippen LogP contribution in [0.5, 0.6) is 0 Å². The number of anilines is 1. The average molecular weight is 384 g/mol. The molecule has 0 bridgehead atoms. The fourth-order valence-corrected chi connectivity index (χ4v) is 3.01. The summed E-state index contributed by atoms with van der Waals surface area (Å²) in [6.07, 6.45) is 1.94. The van der Waals surface area contributed by atoms with Gasteiger partial charge in [0.25, 0.3) is 0 Å². The summed E-state index contributed by atoms with van der Waals surface area (Å²) in [5.74, 6) is 1.40. The van der Waals surface area contributed by atoms with Gasteiger partial charge in [-0.3, -0.25) is 0 Å². The van der Waals surface area contributed by atoms with Crippen molar-refractivity contribution in [1.29, 1.82) is 0 Å². The van der Waals surface area contributed by atoms with Crippen LogP contribution in [0.2, 0.25) is 0 Å². The quantitative estimate of drug-likeness (QED) is 0.720. The maximum absolute atomic E-state index is 11.1. The number of Topliss-reactive ketones (excluding diaryl/α,β-unsaturated/α-hetero) is 1. The van der Waals surface area contributed by atoms with Gasteiger partial charge in [-0.15, -0.1) is 0 Å². The summed E-state index contributed by atoms with van der Waals surface area (Å²) in [5, 5.41) is 0.850. The van der Waals surface area contributed by atoms with Gasteiger partial charge in [0, 0.05) is 22.7 Å². The Morgan fingerprint density at radius 3 is 2.71 bits per heavy atom. The highest BCUT2D eigenvalue weighted by Crippen LogP contribution is 2.23. The lowest BCUT2D eigenvalue weighted by Crippen LogP contribution is -2.02. The third-order valence-electron chi connectivity index (χ3n) is 3.85. The van der Waals surface area contributed by atoms with Crippen molar-refractivity contribution in [1.82, 2.24) is 9.97 Å². The van der Waals surface area contributed by atoms with E-state index < -0.39 is 0 Å². The lowest BCUT2D eigenvalue weighted by Gasteiger charge is -2.07. The molecule has 0 radical (unpaired) electrons. The van der Waals surface area contributed by atoms with E-state index in [1.54, 1.807) is 6.92 Å². The number of nitrogens with two attached hydrogens (primary N) is 1. The van der Waals surface area contributed by atoms with E-state index in [4.69, 9.17) is 5.73 Å². The molecule has 24 heavy (non-hydrogen) atoms. The van der Waals surface area contributed by atoms with E-state index in [-0.39, 0.29) is 5.78 Å². The number of aryl methyl sites for hydroxylation is 1. The molecule has 0 atom stereocenters. The maximum atomic E-state index is 11.1. The molecule has 0 spiro atoms. The smallest absolute Gasteiger partial charge is 0.135 e. The van der Waals surface area contributed by atoms with Gasteiger partial charge < -0.3 is 10.5 Å². The molecule has 0 amide bonds. The summed E-state index contributed by atoms with van der Waals surface area (Å²) in [6.45, 7) is 1.62. The Kier molecular flexibility index (Phi) is 4.90. The molecule has 122 valence electrons. The van der Waals surface area contributed by atoms with Gasteiger partial charge in [-0.1, -0.05) is 40.2 Å². The third-order valence-corrected chi connectivity index (χ3v) is 4.35. The average Bonchev–Trinajstić information content (AvgIpc) is 2.54.